The molecule has 0 aliphatic heterocycles. The maximum absolute atomic E-state index is 4.73. The lowest BCUT2D eigenvalue weighted by Crippen LogP contribution is -2.25. The first kappa shape index (κ1) is 14.6. The molecule has 108 valence electrons. The predicted molar refractivity (Wildman–Crippen MR) is 86.6 cm³/mol. The van der Waals surface area contributed by atoms with Crippen LogP contribution in [0.5, 0.6) is 0 Å². The number of pyridine rings is 1. The van der Waals surface area contributed by atoms with Crippen molar-refractivity contribution in [2.45, 2.75) is 40.0 Å². The van der Waals surface area contributed by atoms with Crippen LogP contribution in [0.1, 0.15) is 37.6 Å². The summed E-state index contributed by atoms with van der Waals surface area (Å²) >= 11 is 0. The molecular weight excluding hydrogens is 246 g/mol. The number of aromatic nitrogens is 2. The Balaban J connectivity index is 2.36. The number of anilines is 1. The van der Waals surface area contributed by atoms with Crippen molar-refractivity contribution in [3.8, 4) is 0 Å². The van der Waals surface area contributed by atoms with Gasteiger partial charge < -0.3 is 9.30 Å². The molecule has 2 heterocycles. The Hall–Kier alpha value is -1.77. The number of unbranched alkanes of at least 4 members (excludes halogenated alkanes) is 2. The maximum atomic E-state index is 4.73. The number of hydrogen-bond acceptors (Lipinski definition) is 2. The Morgan fingerprint density at radius 3 is 2.85 bits per heavy atom. The standard InChI is InChI=1S/C17H25N3/c1-5-7-8-12-19(11-6-2)16-10-9-13-20-15(4)14(3)18-17(16)20/h6,9-10,13H,2,5,7-8,11-12H2,1,3-4H3. The zero-order valence-electron chi connectivity index (χ0n) is 12.9. The summed E-state index contributed by atoms with van der Waals surface area (Å²) < 4.78 is 2.18. The second-order valence-corrected chi connectivity index (χ2v) is 5.31. The van der Waals surface area contributed by atoms with E-state index >= 15 is 0 Å². The SMILES string of the molecule is C=CCN(CCCCC)c1cccn2c(C)c(C)nc12. The van der Waals surface area contributed by atoms with Crippen molar-refractivity contribution in [1.82, 2.24) is 9.38 Å². The van der Waals surface area contributed by atoms with Crippen molar-refractivity contribution in [1.29, 1.82) is 0 Å². The number of nitrogens with zero attached hydrogens (tertiary/aromatic N) is 3. The second-order valence-electron chi connectivity index (χ2n) is 5.31. The number of rotatable bonds is 7. The molecule has 20 heavy (non-hydrogen) atoms. The minimum absolute atomic E-state index is 0.869. The highest BCUT2D eigenvalue weighted by Gasteiger charge is 2.13. The largest absolute Gasteiger partial charge is 0.365 e. The summed E-state index contributed by atoms with van der Waals surface area (Å²) in [5.74, 6) is 0. The van der Waals surface area contributed by atoms with Gasteiger partial charge in [-0.2, -0.15) is 0 Å². The molecule has 2 rings (SSSR count). The molecule has 0 radical (unpaired) electrons. The Bertz CT molecular complexity index is 583. The van der Waals surface area contributed by atoms with E-state index in [-0.39, 0.29) is 0 Å². The Morgan fingerprint density at radius 1 is 1.35 bits per heavy atom. The molecule has 0 saturated carbocycles. The summed E-state index contributed by atoms with van der Waals surface area (Å²) in [6.45, 7) is 12.2. The Kier molecular flexibility index (Phi) is 4.83. The van der Waals surface area contributed by atoms with Crippen molar-refractivity contribution in [2.75, 3.05) is 18.0 Å². The van der Waals surface area contributed by atoms with Gasteiger partial charge >= 0.3 is 0 Å². The molecule has 0 amide bonds. The summed E-state index contributed by atoms with van der Waals surface area (Å²) in [4.78, 5) is 7.11. The van der Waals surface area contributed by atoms with Crippen LogP contribution in [0.2, 0.25) is 0 Å². The zero-order chi connectivity index (χ0) is 14.5. The molecule has 0 bridgehead atoms. The van der Waals surface area contributed by atoms with Crippen LogP contribution < -0.4 is 4.90 Å². The maximum Gasteiger partial charge on any atom is 0.160 e. The van der Waals surface area contributed by atoms with Crippen molar-refractivity contribution in [3.63, 3.8) is 0 Å². The van der Waals surface area contributed by atoms with Gasteiger partial charge in [-0.05, 0) is 32.4 Å². The normalized spacial score (nSPS) is 10.9. The van der Waals surface area contributed by atoms with Crippen molar-refractivity contribution in [3.05, 3.63) is 42.4 Å². The number of fused-ring (bicyclic) bond motifs is 1. The third-order valence-electron chi connectivity index (χ3n) is 3.83. The van der Waals surface area contributed by atoms with Crippen LogP contribution in [0, 0.1) is 13.8 Å². The van der Waals surface area contributed by atoms with Crippen LogP contribution in [0.25, 0.3) is 5.65 Å². The first-order chi connectivity index (χ1) is 9.69. The fourth-order valence-corrected chi connectivity index (χ4v) is 2.55. The van der Waals surface area contributed by atoms with E-state index in [1.165, 1.54) is 30.6 Å². The first-order valence-corrected chi connectivity index (χ1v) is 7.49. The monoisotopic (exact) mass is 271 g/mol. The van der Waals surface area contributed by atoms with Crippen molar-refractivity contribution >= 4 is 11.3 Å². The molecule has 0 aliphatic rings. The van der Waals surface area contributed by atoms with Gasteiger partial charge in [0.1, 0.15) is 0 Å². The summed E-state index contributed by atoms with van der Waals surface area (Å²) in [5.41, 5.74) is 4.58. The molecular formula is C17H25N3. The van der Waals surface area contributed by atoms with Gasteiger partial charge in [0.25, 0.3) is 0 Å². The molecule has 0 aliphatic carbocycles. The molecule has 0 fully saturated rings. The third kappa shape index (κ3) is 2.87. The summed E-state index contributed by atoms with van der Waals surface area (Å²) in [5, 5.41) is 0. The van der Waals surface area contributed by atoms with Crippen LogP contribution in [0.3, 0.4) is 0 Å². The summed E-state index contributed by atoms with van der Waals surface area (Å²) in [6.07, 6.45) is 7.78. The van der Waals surface area contributed by atoms with Gasteiger partial charge in [0.05, 0.1) is 11.4 Å². The lowest BCUT2D eigenvalue weighted by molar-refractivity contribution is 0.693. The van der Waals surface area contributed by atoms with Crippen molar-refractivity contribution in [2.24, 2.45) is 0 Å². The predicted octanol–water partition coefficient (Wildman–Crippen LogP) is 4.13. The van der Waals surface area contributed by atoms with Crippen molar-refractivity contribution < 1.29 is 0 Å². The molecule has 2 aromatic rings. The number of aryl methyl sites for hydroxylation is 2. The highest BCUT2D eigenvalue weighted by Crippen LogP contribution is 2.23. The fourth-order valence-electron chi connectivity index (χ4n) is 2.55. The molecule has 0 unspecified atom stereocenters. The van der Waals surface area contributed by atoms with Gasteiger partial charge in [-0.3, -0.25) is 0 Å². The van der Waals surface area contributed by atoms with Crippen LogP contribution in [0.4, 0.5) is 5.69 Å². The molecule has 0 N–H and O–H groups in total. The van der Waals surface area contributed by atoms with Crippen LogP contribution >= 0.6 is 0 Å². The van der Waals surface area contributed by atoms with Crippen LogP contribution in [0.15, 0.2) is 31.0 Å². The third-order valence-corrected chi connectivity index (χ3v) is 3.83. The van der Waals surface area contributed by atoms with Gasteiger partial charge in [-0.1, -0.05) is 25.8 Å². The van der Waals surface area contributed by atoms with Gasteiger partial charge in [-0.15, -0.1) is 6.58 Å². The van der Waals surface area contributed by atoms with E-state index in [0.717, 1.165) is 24.4 Å². The van der Waals surface area contributed by atoms with Crippen LogP contribution in [-0.2, 0) is 0 Å². The van der Waals surface area contributed by atoms with E-state index in [0.29, 0.717) is 0 Å². The number of imidazole rings is 1. The van der Waals surface area contributed by atoms with E-state index < -0.39 is 0 Å². The highest BCUT2D eigenvalue weighted by molar-refractivity contribution is 5.70. The minimum atomic E-state index is 0.869. The molecule has 3 heteroatoms. The summed E-state index contributed by atoms with van der Waals surface area (Å²) in [7, 11) is 0. The highest BCUT2D eigenvalue weighted by atomic mass is 15.2. The number of hydrogen-bond donors (Lipinski definition) is 0. The summed E-state index contributed by atoms with van der Waals surface area (Å²) in [6, 6.07) is 4.27. The lowest BCUT2D eigenvalue weighted by Gasteiger charge is -2.23. The van der Waals surface area contributed by atoms with Gasteiger partial charge in [-0.25, -0.2) is 4.98 Å². The topological polar surface area (TPSA) is 20.5 Å². The van der Waals surface area contributed by atoms with Gasteiger partial charge in [0, 0.05) is 25.0 Å². The quantitative estimate of drug-likeness (QED) is 0.557. The van der Waals surface area contributed by atoms with Crippen LogP contribution in [-0.4, -0.2) is 22.5 Å². The Labute approximate surface area is 121 Å². The Morgan fingerprint density at radius 2 is 2.15 bits per heavy atom. The molecule has 3 nitrogen and oxygen atoms in total. The molecule has 0 spiro atoms. The van der Waals surface area contributed by atoms with Gasteiger partial charge in [0.15, 0.2) is 5.65 Å². The zero-order valence-corrected chi connectivity index (χ0v) is 12.9. The molecule has 0 aromatic carbocycles. The smallest absolute Gasteiger partial charge is 0.160 e. The molecule has 0 atom stereocenters. The lowest BCUT2D eigenvalue weighted by atomic mass is 10.2. The van der Waals surface area contributed by atoms with E-state index in [4.69, 9.17) is 4.98 Å². The van der Waals surface area contributed by atoms with Gasteiger partial charge in [0.2, 0.25) is 0 Å². The molecule has 0 saturated heterocycles. The fraction of sp³-hybridized carbons (Fsp3) is 0.471. The van der Waals surface area contributed by atoms with E-state index in [1.54, 1.807) is 0 Å². The van der Waals surface area contributed by atoms with E-state index in [2.05, 4.69) is 55.0 Å². The first-order valence-electron chi connectivity index (χ1n) is 7.49. The van der Waals surface area contributed by atoms with E-state index in [9.17, 15) is 0 Å². The van der Waals surface area contributed by atoms with E-state index in [1.807, 2.05) is 6.08 Å². The second kappa shape index (κ2) is 6.60. The minimum Gasteiger partial charge on any atom is -0.365 e. The average Bonchev–Trinajstić information content (AvgIpc) is 2.74. The molecule has 2 aromatic heterocycles. The average molecular weight is 271 g/mol.